The third kappa shape index (κ3) is 2.50. The van der Waals surface area contributed by atoms with E-state index in [1.54, 1.807) is 0 Å². The van der Waals surface area contributed by atoms with E-state index in [1.807, 2.05) is 30.3 Å². The molecule has 0 bridgehead atoms. The molecule has 1 saturated heterocycles. The SMILES string of the molecule is Nc1ncnc2c1ncn2[C@]1(Cc2ccccc2)O[C@H](CO)[C@@H](O)[C@@]1(N)O. The minimum Gasteiger partial charge on any atom is -0.394 e. The van der Waals surface area contributed by atoms with E-state index in [0.717, 1.165) is 5.56 Å². The molecule has 3 aromatic rings. The van der Waals surface area contributed by atoms with E-state index in [4.69, 9.17) is 16.2 Å². The van der Waals surface area contributed by atoms with Crippen molar-refractivity contribution < 1.29 is 20.1 Å². The summed E-state index contributed by atoms with van der Waals surface area (Å²) in [5.74, 6) is 0.159. The van der Waals surface area contributed by atoms with Crippen LogP contribution in [0.4, 0.5) is 5.82 Å². The van der Waals surface area contributed by atoms with Crippen molar-refractivity contribution in [2.75, 3.05) is 12.3 Å². The van der Waals surface area contributed by atoms with Gasteiger partial charge in [-0.1, -0.05) is 30.3 Å². The van der Waals surface area contributed by atoms with Gasteiger partial charge in [0.15, 0.2) is 22.9 Å². The Labute approximate surface area is 154 Å². The number of aliphatic hydroxyl groups excluding tert-OH is 2. The van der Waals surface area contributed by atoms with Crippen LogP contribution in [-0.2, 0) is 16.9 Å². The minimum atomic E-state index is -2.25. The Kier molecular flexibility index (Phi) is 4.09. The van der Waals surface area contributed by atoms with Crippen molar-refractivity contribution in [2.45, 2.75) is 30.1 Å². The Morgan fingerprint density at radius 1 is 1.19 bits per heavy atom. The highest BCUT2D eigenvalue weighted by molar-refractivity contribution is 5.81. The average molecular weight is 372 g/mol. The Morgan fingerprint density at radius 3 is 2.59 bits per heavy atom. The Hall–Kier alpha value is -2.63. The number of benzene rings is 1. The first-order valence-electron chi connectivity index (χ1n) is 8.36. The molecule has 0 saturated carbocycles. The number of imidazole rings is 1. The number of nitrogen functional groups attached to an aromatic ring is 1. The standard InChI is InChI=1S/C17H20N6O4/c18-14-12-15(21-8-20-14)23(9-22-12)16(6-10-4-2-1-3-5-10)17(19,26)13(25)11(7-24)27-16/h1-5,8-9,11,13,24-26H,6-7,19H2,(H2,18,20,21)/t11-,13-,16-,17-/m1/s1. The van der Waals surface area contributed by atoms with Gasteiger partial charge in [-0.25, -0.2) is 15.0 Å². The van der Waals surface area contributed by atoms with Crippen LogP contribution in [0, 0.1) is 0 Å². The molecule has 0 radical (unpaired) electrons. The summed E-state index contributed by atoms with van der Waals surface area (Å²) in [5.41, 5.74) is 9.50. The van der Waals surface area contributed by atoms with Crippen molar-refractivity contribution in [3.63, 3.8) is 0 Å². The molecule has 27 heavy (non-hydrogen) atoms. The Bertz CT molecular complexity index is 962. The number of rotatable bonds is 4. The Balaban J connectivity index is 1.95. The number of ether oxygens (including phenoxy) is 1. The van der Waals surface area contributed by atoms with Crippen LogP contribution < -0.4 is 11.5 Å². The fourth-order valence-corrected chi connectivity index (χ4v) is 3.57. The van der Waals surface area contributed by atoms with Gasteiger partial charge in [0.1, 0.15) is 24.1 Å². The molecule has 1 fully saturated rings. The van der Waals surface area contributed by atoms with Crippen molar-refractivity contribution in [1.82, 2.24) is 19.5 Å². The zero-order valence-electron chi connectivity index (χ0n) is 14.3. The molecule has 2 aromatic heterocycles. The van der Waals surface area contributed by atoms with Gasteiger partial charge in [-0.3, -0.25) is 10.3 Å². The van der Waals surface area contributed by atoms with Gasteiger partial charge in [0.25, 0.3) is 0 Å². The van der Waals surface area contributed by atoms with Crippen molar-refractivity contribution in [1.29, 1.82) is 0 Å². The fraction of sp³-hybridized carbons (Fsp3) is 0.353. The molecule has 4 atom stereocenters. The van der Waals surface area contributed by atoms with Crippen LogP contribution in [0.15, 0.2) is 43.0 Å². The van der Waals surface area contributed by atoms with E-state index in [0.29, 0.717) is 5.52 Å². The minimum absolute atomic E-state index is 0.0871. The van der Waals surface area contributed by atoms with Crippen LogP contribution in [-0.4, -0.2) is 59.4 Å². The molecule has 0 unspecified atom stereocenters. The van der Waals surface area contributed by atoms with Crippen molar-refractivity contribution in [3.05, 3.63) is 48.5 Å². The number of hydrogen-bond donors (Lipinski definition) is 5. The molecule has 10 nitrogen and oxygen atoms in total. The summed E-state index contributed by atoms with van der Waals surface area (Å²) in [5, 5.41) is 31.2. The van der Waals surface area contributed by atoms with Crippen LogP contribution >= 0.6 is 0 Å². The second-order valence-electron chi connectivity index (χ2n) is 6.60. The van der Waals surface area contributed by atoms with Gasteiger partial charge in [-0.15, -0.1) is 0 Å². The lowest BCUT2D eigenvalue weighted by Crippen LogP contribution is -2.64. The summed E-state index contributed by atoms with van der Waals surface area (Å²) in [7, 11) is 0. The quantitative estimate of drug-likeness (QED) is 0.350. The van der Waals surface area contributed by atoms with Crippen LogP contribution in [0.1, 0.15) is 5.56 Å². The van der Waals surface area contributed by atoms with Gasteiger partial charge in [0.05, 0.1) is 12.9 Å². The molecule has 1 aliphatic rings. The van der Waals surface area contributed by atoms with Crippen molar-refractivity contribution >= 4 is 17.0 Å². The molecule has 7 N–H and O–H groups in total. The van der Waals surface area contributed by atoms with Crippen LogP contribution in [0.2, 0.25) is 0 Å². The Morgan fingerprint density at radius 2 is 1.93 bits per heavy atom. The summed E-state index contributed by atoms with van der Waals surface area (Å²) in [6.07, 6.45) is 0.0895. The van der Waals surface area contributed by atoms with Crippen LogP contribution in [0.5, 0.6) is 0 Å². The first-order valence-corrected chi connectivity index (χ1v) is 8.36. The molecule has 0 spiro atoms. The number of aliphatic hydroxyl groups is 3. The van der Waals surface area contributed by atoms with E-state index in [9.17, 15) is 15.3 Å². The highest BCUT2D eigenvalue weighted by Gasteiger charge is 2.64. The maximum Gasteiger partial charge on any atom is 0.197 e. The summed E-state index contributed by atoms with van der Waals surface area (Å²) >= 11 is 0. The van der Waals surface area contributed by atoms with Gasteiger partial charge in [0.2, 0.25) is 0 Å². The topological polar surface area (TPSA) is 166 Å². The number of anilines is 1. The summed E-state index contributed by atoms with van der Waals surface area (Å²) in [4.78, 5) is 12.3. The molecule has 142 valence electrons. The third-order valence-electron chi connectivity index (χ3n) is 4.99. The number of fused-ring (bicyclic) bond motifs is 1. The zero-order chi connectivity index (χ0) is 19.2. The fourth-order valence-electron chi connectivity index (χ4n) is 3.57. The predicted octanol–water partition coefficient (Wildman–Crippen LogP) is -1.30. The maximum absolute atomic E-state index is 11.1. The molecule has 1 aliphatic heterocycles. The largest absolute Gasteiger partial charge is 0.394 e. The zero-order valence-corrected chi connectivity index (χ0v) is 14.3. The van der Waals surface area contributed by atoms with Gasteiger partial charge in [0, 0.05) is 6.42 Å². The monoisotopic (exact) mass is 372 g/mol. The molecular weight excluding hydrogens is 352 g/mol. The molecule has 10 heteroatoms. The number of aromatic nitrogens is 4. The highest BCUT2D eigenvalue weighted by atomic mass is 16.6. The molecular formula is C17H20N6O4. The van der Waals surface area contributed by atoms with Crippen molar-refractivity contribution in [3.8, 4) is 0 Å². The lowest BCUT2D eigenvalue weighted by Gasteiger charge is -2.40. The van der Waals surface area contributed by atoms with Gasteiger partial charge in [-0.05, 0) is 5.56 Å². The summed E-state index contributed by atoms with van der Waals surface area (Å²) < 4.78 is 7.41. The van der Waals surface area contributed by atoms with E-state index >= 15 is 0 Å². The molecule has 3 heterocycles. The van der Waals surface area contributed by atoms with Crippen LogP contribution in [0.3, 0.4) is 0 Å². The predicted molar refractivity (Wildman–Crippen MR) is 95.0 cm³/mol. The third-order valence-corrected chi connectivity index (χ3v) is 4.99. The molecule has 0 aliphatic carbocycles. The summed E-state index contributed by atoms with van der Waals surface area (Å²) in [6, 6.07) is 9.19. The van der Waals surface area contributed by atoms with E-state index < -0.39 is 30.3 Å². The molecule has 0 amide bonds. The van der Waals surface area contributed by atoms with Gasteiger partial charge >= 0.3 is 0 Å². The highest BCUT2D eigenvalue weighted by Crippen LogP contribution is 2.44. The van der Waals surface area contributed by atoms with E-state index in [-0.39, 0.29) is 17.9 Å². The number of nitrogens with zero attached hydrogens (tertiary/aromatic N) is 4. The van der Waals surface area contributed by atoms with Crippen LogP contribution in [0.25, 0.3) is 11.2 Å². The maximum atomic E-state index is 11.1. The molecule has 1 aromatic carbocycles. The second-order valence-corrected chi connectivity index (χ2v) is 6.60. The van der Waals surface area contributed by atoms with Gasteiger partial charge in [-0.2, -0.15) is 0 Å². The van der Waals surface area contributed by atoms with E-state index in [1.165, 1.54) is 17.2 Å². The first-order chi connectivity index (χ1) is 12.9. The average Bonchev–Trinajstić information content (AvgIpc) is 3.17. The summed E-state index contributed by atoms with van der Waals surface area (Å²) in [6.45, 7) is -0.527. The smallest absolute Gasteiger partial charge is 0.197 e. The normalized spacial score (nSPS) is 30.8. The van der Waals surface area contributed by atoms with E-state index in [2.05, 4.69) is 15.0 Å². The number of nitrogens with two attached hydrogens (primary N) is 2. The number of hydrogen-bond acceptors (Lipinski definition) is 9. The second kappa shape index (κ2) is 6.22. The van der Waals surface area contributed by atoms with Gasteiger partial charge < -0.3 is 25.8 Å². The lowest BCUT2D eigenvalue weighted by atomic mass is 9.89. The molecule has 4 rings (SSSR count). The first kappa shape index (κ1) is 17.8. The van der Waals surface area contributed by atoms with Crippen molar-refractivity contribution in [2.24, 2.45) is 5.73 Å². The lowest BCUT2D eigenvalue weighted by molar-refractivity contribution is -0.191.